The summed E-state index contributed by atoms with van der Waals surface area (Å²) in [5.74, 6) is 0.388. The van der Waals surface area contributed by atoms with Crippen LogP contribution in [-0.2, 0) is 9.63 Å². The minimum Gasteiger partial charge on any atom is -0.497 e. The van der Waals surface area contributed by atoms with Gasteiger partial charge in [-0.3, -0.25) is 4.79 Å². The van der Waals surface area contributed by atoms with Crippen molar-refractivity contribution in [3.8, 4) is 5.75 Å². The lowest BCUT2D eigenvalue weighted by molar-refractivity contribution is -0.114. The van der Waals surface area contributed by atoms with Crippen molar-refractivity contribution >= 4 is 17.9 Å². The summed E-state index contributed by atoms with van der Waals surface area (Å²) in [4.78, 5) is 25.9. The van der Waals surface area contributed by atoms with Gasteiger partial charge in [0.15, 0.2) is 5.82 Å². The summed E-state index contributed by atoms with van der Waals surface area (Å²) in [6.45, 7) is 0. The van der Waals surface area contributed by atoms with Crippen molar-refractivity contribution in [2.45, 2.75) is 0 Å². The molecule has 1 N–H and O–H groups in total. The molecule has 0 fully saturated rings. The highest BCUT2D eigenvalue weighted by atomic mass is 19.1. The van der Waals surface area contributed by atoms with Crippen LogP contribution in [0.1, 0.15) is 5.56 Å². The first-order valence-electron chi connectivity index (χ1n) is 7.44. The fourth-order valence-corrected chi connectivity index (χ4v) is 2.51. The second-order valence-corrected chi connectivity index (χ2v) is 5.38. The Bertz CT molecular complexity index is 1060. The molecule has 0 bridgehead atoms. The first-order valence-corrected chi connectivity index (χ1v) is 7.44. The van der Waals surface area contributed by atoms with E-state index in [1.807, 2.05) is 0 Å². The number of rotatable bonds is 2. The third-order valence-corrected chi connectivity index (χ3v) is 3.79. The molecule has 0 unspecified atom stereocenters. The van der Waals surface area contributed by atoms with E-state index in [-0.39, 0.29) is 23.1 Å². The van der Waals surface area contributed by atoms with Gasteiger partial charge in [-0.25, -0.2) is 14.9 Å². The Kier molecular flexibility index (Phi) is 3.53. The number of nitrogens with one attached hydrogen (secondary N) is 1. The summed E-state index contributed by atoms with van der Waals surface area (Å²) < 4.78 is 18.2. The molecule has 2 aromatic rings. The van der Waals surface area contributed by atoms with Crippen LogP contribution in [0.5, 0.6) is 5.75 Å². The molecule has 2 aliphatic rings. The van der Waals surface area contributed by atoms with E-state index < -0.39 is 5.91 Å². The molecule has 0 aliphatic carbocycles. The van der Waals surface area contributed by atoms with Gasteiger partial charge in [0.25, 0.3) is 11.8 Å². The van der Waals surface area contributed by atoms with Gasteiger partial charge in [0.2, 0.25) is 0 Å². The number of hydrogen-bond acceptors (Lipinski definition) is 5. The number of fused-ring (bicyclic) bond motifs is 1. The summed E-state index contributed by atoms with van der Waals surface area (Å²) in [5.41, 5.74) is 3.48. The number of halogens is 1. The molecule has 124 valence electrons. The number of carbonyl (C=O) groups excluding carboxylic acids is 1. The fourth-order valence-electron chi connectivity index (χ4n) is 2.51. The van der Waals surface area contributed by atoms with Crippen LogP contribution in [0.4, 0.5) is 4.39 Å². The molecule has 0 spiro atoms. The van der Waals surface area contributed by atoms with Crippen molar-refractivity contribution in [2.24, 2.45) is 9.98 Å². The topological polar surface area (TPSA) is 72.3 Å². The first kappa shape index (κ1) is 15.1. The molecule has 0 aromatic heterocycles. The molecule has 6 nitrogen and oxygen atoms in total. The minimum absolute atomic E-state index is 0.250. The molecule has 7 heteroatoms. The number of nitrogens with zero attached hydrogens (tertiary/aromatic N) is 2. The molecule has 4 rings (SSSR count). The van der Waals surface area contributed by atoms with Crippen molar-refractivity contribution in [1.82, 2.24) is 5.48 Å². The number of hydroxylamine groups is 1. The Hall–Kier alpha value is -3.48. The lowest BCUT2D eigenvalue weighted by Gasteiger charge is -2.06. The maximum atomic E-state index is 13.0. The van der Waals surface area contributed by atoms with E-state index >= 15 is 0 Å². The standard InChI is InChI=1S/C18H12FN3O3/c1-24-13-6-7-15-11(8-13)9-14(17(23)20-15)16-21-18(25-22-16)10-2-4-12(19)5-3-10/h2-9,22H,1H3. The van der Waals surface area contributed by atoms with E-state index in [1.54, 1.807) is 43.5 Å². The summed E-state index contributed by atoms with van der Waals surface area (Å²) in [7, 11) is 1.57. The van der Waals surface area contributed by atoms with Gasteiger partial charge >= 0.3 is 0 Å². The van der Waals surface area contributed by atoms with E-state index in [1.165, 1.54) is 12.1 Å². The summed E-state index contributed by atoms with van der Waals surface area (Å²) >= 11 is 0. The zero-order valence-electron chi connectivity index (χ0n) is 13.1. The van der Waals surface area contributed by atoms with Crippen LogP contribution in [0.15, 0.2) is 63.8 Å². The van der Waals surface area contributed by atoms with E-state index in [4.69, 9.17) is 9.57 Å². The highest BCUT2D eigenvalue weighted by Crippen LogP contribution is 2.17. The van der Waals surface area contributed by atoms with Crippen LogP contribution in [-0.4, -0.2) is 18.9 Å². The molecular formula is C18H12FN3O3. The second-order valence-electron chi connectivity index (χ2n) is 5.38. The third kappa shape index (κ3) is 2.76. The number of amides is 1. The Morgan fingerprint density at radius 1 is 1.12 bits per heavy atom. The molecule has 0 radical (unpaired) electrons. The molecule has 0 saturated heterocycles. The predicted octanol–water partition coefficient (Wildman–Crippen LogP) is 0.968. The maximum absolute atomic E-state index is 13.0. The average Bonchev–Trinajstić information content (AvgIpc) is 3.11. The molecule has 1 amide bonds. The molecule has 0 atom stereocenters. The average molecular weight is 337 g/mol. The van der Waals surface area contributed by atoms with Gasteiger partial charge in [-0.05, 0) is 48.5 Å². The van der Waals surface area contributed by atoms with Crippen LogP contribution >= 0.6 is 0 Å². The molecular weight excluding hydrogens is 325 g/mol. The van der Waals surface area contributed by atoms with Crippen molar-refractivity contribution in [3.63, 3.8) is 0 Å². The highest BCUT2D eigenvalue weighted by Gasteiger charge is 2.22. The van der Waals surface area contributed by atoms with Gasteiger partial charge in [-0.1, -0.05) is 0 Å². The molecule has 2 aliphatic heterocycles. The zero-order chi connectivity index (χ0) is 17.4. The summed E-state index contributed by atoms with van der Waals surface area (Å²) in [6.07, 6.45) is 1.68. The maximum Gasteiger partial charge on any atom is 0.281 e. The SMILES string of the molecule is COc1ccc2c(c1)=CC(=C1N=C(c3ccc(F)cc3)ON1)C(=O)N=2. The van der Waals surface area contributed by atoms with Crippen molar-refractivity contribution < 1.29 is 18.8 Å². The molecule has 25 heavy (non-hydrogen) atoms. The van der Waals surface area contributed by atoms with Gasteiger partial charge in [0, 0.05) is 10.8 Å². The van der Waals surface area contributed by atoms with E-state index in [0.29, 0.717) is 16.7 Å². The van der Waals surface area contributed by atoms with Crippen LogP contribution in [0.25, 0.3) is 6.08 Å². The molecule has 2 aromatic carbocycles. The van der Waals surface area contributed by atoms with Gasteiger partial charge in [0.05, 0.1) is 18.0 Å². The highest BCUT2D eigenvalue weighted by molar-refractivity contribution is 6.05. The lowest BCUT2D eigenvalue weighted by atomic mass is 10.1. The monoisotopic (exact) mass is 337 g/mol. The zero-order valence-corrected chi connectivity index (χ0v) is 13.1. The number of carbonyl (C=O) groups is 1. The van der Waals surface area contributed by atoms with Crippen LogP contribution in [0.2, 0.25) is 0 Å². The van der Waals surface area contributed by atoms with E-state index in [0.717, 1.165) is 5.22 Å². The normalized spacial score (nSPS) is 18.3. The van der Waals surface area contributed by atoms with Gasteiger partial charge in [-0.15, -0.1) is 0 Å². The Labute approximate surface area is 141 Å². The minimum atomic E-state index is -0.423. The Morgan fingerprint density at radius 3 is 2.68 bits per heavy atom. The number of ether oxygens (including phenoxy) is 1. The molecule has 0 saturated carbocycles. The van der Waals surface area contributed by atoms with E-state index in [9.17, 15) is 9.18 Å². The summed E-state index contributed by atoms with van der Waals surface area (Å²) in [6, 6.07) is 10.9. The lowest BCUT2D eigenvalue weighted by Crippen LogP contribution is -2.31. The van der Waals surface area contributed by atoms with Crippen molar-refractivity contribution in [2.75, 3.05) is 7.11 Å². The van der Waals surface area contributed by atoms with Gasteiger partial charge < -0.3 is 9.57 Å². The van der Waals surface area contributed by atoms with Gasteiger partial charge in [0.1, 0.15) is 11.6 Å². The van der Waals surface area contributed by atoms with Crippen LogP contribution in [0, 0.1) is 5.82 Å². The predicted molar refractivity (Wildman–Crippen MR) is 87.4 cm³/mol. The second kappa shape index (κ2) is 5.86. The first-order chi connectivity index (χ1) is 12.1. The quantitative estimate of drug-likeness (QED) is 0.829. The van der Waals surface area contributed by atoms with Crippen molar-refractivity contribution in [3.05, 3.63) is 75.8 Å². The Morgan fingerprint density at radius 2 is 1.92 bits per heavy atom. The van der Waals surface area contributed by atoms with Crippen LogP contribution in [0.3, 0.4) is 0 Å². The van der Waals surface area contributed by atoms with Gasteiger partial charge in [-0.2, -0.15) is 4.99 Å². The number of methoxy groups -OCH3 is 1. The molecule has 2 heterocycles. The summed E-state index contributed by atoms with van der Waals surface area (Å²) in [5, 5.41) is 1.31. The smallest absolute Gasteiger partial charge is 0.281 e. The largest absolute Gasteiger partial charge is 0.497 e. The number of aliphatic imine (C=N–C) groups is 1. The number of hydrogen-bond donors (Lipinski definition) is 1. The fraction of sp³-hybridized carbons (Fsp3) is 0.0556. The number of benzene rings is 2. The van der Waals surface area contributed by atoms with Crippen molar-refractivity contribution in [1.29, 1.82) is 0 Å². The van der Waals surface area contributed by atoms with E-state index in [2.05, 4.69) is 15.5 Å². The third-order valence-electron chi connectivity index (χ3n) is 3.79. The Balaban J connectivity index is 1.79. The van der Waals surface area contributed by atoms with Crippen LogP contribution < -0.4 is 20.8 Å².